The number of aromatic nitrogens is 1. The molecule has 1 aliphatic heterocycles. The lowest BCUT2D eigenvalue weighted by atomic mass is 9.71. The summed E-state index contributed by atoms with van der Waals surface area (Å²) < 4.78 is 5.35. The maximum absolute atomic E-state index is 12.9. The molecule has 1 unspecified atom stereocenters. The highest BCUT2D eigenvalue weighted by molar-refractivity contribution is 7.21. The van der Waals surface area contributed by atoms with Crippen LogP contribution in [0.3, 0.4) is 0 Å². The van der Waals surface area contributed by atoms with Crippen LogP contribution >= 0.6 is 11.3 Å². The van der Waals surface area contributed by atoms with Gasteiger partial charge in [0.1, 0.15) is 9.71 Å². The number of morpholine rings is 1. The molecule has 1 aliphatic carbocycles. The fourth-order valence-electron chi connectivity index (χ4n) is 4.00. The minimum absolute atomic E-state index is 0.0133. The number of thiophene rings is 1. The lowest BCUT2D eigenvalue weighted by molar-refractivity contribution is 0.0307. The molecule has 2 aromatic heterocycles. The lowest BCUT2D eigenvalue weighted by Crippen LogP contribution is -2.40. The van der Waals surface area contributed by atoms with Gasteiger partial charge in [0.25, 0.3) is 5.91 Å². The summed E-state index contributed by atoms with van der Waals surface area (Å²) in [6, 6.07) is 2.19. The molecule has 0 bridgehead atoms. The topological polar surface area (TPSA) is 68.5 Å². The van der Waals surface area contributed by atoms with Crippen molar-refractivity contribution in [2.45, 2.75) is 40.0 Å². The average Bonchev–Trinajstić information content (AvgIpc) is 2.94. The zero-order valence-corrected chi connectivity index (χ0v) is 16.6. The van der Waals surface area contributed by atoms with E-state index < -0.39 is 0 Å². The molecule has 2 aliphatic rings. The number of pyridine rings is 1. The summed E-state index contributed by atoms with van der Waals surface area (Å²) >= 11 is 1.44. The Morgan fingerprint density at radius 1 is 1.35 bits per heavy atom. The van der Waals surface area contributed by atoms with Crippen molar-refractivity contribution in [2.75, 3.05) is 32.0 Å². The lowest BCUT2D eigenvalue weighted by Gasteiger charge is -2.34. The molecule has 5 nitrogen and oxygen atoms in total. The number of hydrogen-bond donors (Lipinski definition) is 1. The van der Waals surface area contributed by atoms with Crippen LogP contribution in [0.2, 0.25) is 0 Å². The first-order chi connectivity index (χ1) is 12.3. The largest absolute Gasteiger partial charge is 0.397 e. The van der Waals surface area contributed by atoms with Crippen molar-refractivity contribution in [2.24, 2.45) is 11.3 Å². The first-order valence-electron chi connectivity index (χ1n) is 9.42. The number of nitrogen functional groups attached to an aromatic ring is 1. The SMILES string of the molecule is CC(C)(C)C1CCc2nc3sc(C(=O)N4CCOCC4)c(N)c3cc2C1. The molecule has 140 valence electrons. The highest BCUT2D eigenvalue weighted by Gasteiger charge is 2.31. The third-order valence-corrected chi connectivity index (χ3v) is 6.91. The molecule has 1 saturated heterocycles. The molecule has 1 atom stereocenters. The zero-order chi connectivity index (χ0) is 18.5. The van der Waals surface area contributed by atoms with Crippen LogP contribution in [0.1, 0.15) is 48.1 Å². The minimum atomic E-state index is 0.0133. The normalized spacial score (nSPS) is 21.0. The number of carbonyl (C=O) groups excluding carboxylic acids is 1. The number of rotatable bonds is 1. The third kappa shape index (κ3) is 3.09. The van der Waals surface area contributed by atoms with Crippen LogP contribution < -0.4 is 5.73 Å². The number of amides is 1. The summed E-state index contributed by atoms with van der Waals surface area (Å²) in [7, 11) is 0. The molecule has 0 radical (unpaired) electrons. The maximum Gasteiger partial charge on any atom is 0.266 e. The Bertz CT molecular complexity index is 847. The van der Waals surface area contributed by atoms with Gasteiger partial charge in [-0.25, -0.2) is 4.98 Å². The molecule has 3 heterocycles. The Labute approximate surface area is 158 Å². The number of aryl methyl sites for hydroxylation is 1. The second-order valence-electron chi connectivity index (χ2n) is 8.50. The van der Waals surface area contributed by atoms with E-state index in [0.29, 0.717) is 48.2 Å². The third-order valence-electron chi connectivity index (χ3n) is 5.80. The number of fused-ring (bicyclic) bond motifs is 2. The van der Waals surface area contributed by atoms with E-state index >= 15 is 0 Å². The molecule has 0 aromatic carbocycles. The Balaban J connectivity index is 1.69. The van der Waals surface area contributed by atoms with Gasteiger partial charge >= 0.3 is 0 Å². The number of nitrogens with zero attached hydrogens (tertiary/aromatic N) is 2. The van der Waals surface area contributed by atoms with Crippen LogP contribution in [0, 0.1) is 11.3 Å². The predicted octanol–water partition coefficient (Wildman–Crippen LogP) is 3.50. The molecule has 6 heteroatoms. The van der Waals surface area contributed by atoms with Gasteiger partial charge in [-0.1, -0.05) is 20.8 Å². The summed E-state index contributed by atoms with van der Waals surface area (Å²) in [4.78, 5) is 21.1. The first kappa shape index (κ1) is 17.7. The summed E-state index contributed by atoms with van der Waals surface area (Å²) in [5, 5.41) is 0.944. The van der Waals surface area contributed by atoms with Gasteiger partial charge < -0.3 is 15.4 Å². The average molecular weight is 374 g/mol. The van der Waals surface area contributed by atoms with Gasteiger partial charge in [-0.3, -0.25) is 4.79 Å². The maximum atomic E-state index is 12.9. The quantitative estimate of drug-likeness (QED) is 0.831. The Kier molecular flexibility index (Phi) is 4.43. The Morgan fingerprint density at radius 3 is 2.77 bits per heavy atom. The van der Waals surface area contributed by atoms with Gasteiger partial charge in [-0.15, -0.1) is 11.3 Å². The molecule has 0 saturated carbocycles. The van der Waals surface area contributed by atoms with Gasteiger partial charge in [0, 0.05) is 24.2 Å². The second kappa shape index (κ2) is 6.50. The molecular weight excluding hydrogens is 346 g/mol. The number of carbonyl (C=O) groups is 1. The fraction of sp³-hybridized carbons (Fsp3) is 0.600. The zero-order valence-electron chi connectivity index (χ0n) is 15.8. The monoisotopic (exact) mass is 373 g/mol. The number of nitrogens with two attached hydrogens (primary N) is 1. The molecule has 4 rings (SSSR count). The smallest absolute Gasteiger partial charge is 0.266 e. The van der Waals surface area contributed by atoms with Gasteiger partial charge in [0.2, 0.25) is 0 Å². The standard InChI is InChI=1S/C20H27N3O2S/c1-20(2,3)13-4-5-15-12(10-13)11-14-16(21)17(26-18(14)22-15)19(24)23-6-8-25-9-7-23/h11,13H,4-10,21H2,1-3H3. The van der Waals surface area contributed by atoms with Crippen molar-refractivity contribution < 1.29 is 9.53 Å². The van der Waals surface area contributed by atoms with E-state index in [1.54, 1.807) is 0 Å². The summed E-state index contributed by atoms with van der Waals surface area (Å²) in [6.45, 7) is 9.38. The van der Waals surface area contributed by atoms with E-state index in [9.17, 15) is 4.79 Å². The van der Waals surface area contributed by atoms with E-state index in [0.717, 1.165) is 23.1 Å². The Morgan fingerprint density at radius 2 is 2.08 bits per heavy atom. The van der Waals surface area contributed by atoms with Crippen molar-refractivity contribution >= 4 is 33.1 Å². The highest BCUT2D eigenvalue weighted by atomic mass is 32.1. The van der Waals surface area contributed by atoms with Crippen molar-refractivity contribution in [1.82, 2.24) is 9.88 Å². The van der Waals surface area contributed by atoms with Crippen LogP contribution in [0.5, 0.6) is 0 Å². The van der Waals surface area contributed by atoms with Gasteiger partial charge in [0.05, 0.1) is 18.9 Å². The van der Waals surface area contributed by atoms with Gasteiger partial charge in [0.15, 0.2) is 0 Å². The van der Waals surface area contributed by atoms with Crippen LogP contribution in [-0.2, 0) is 17.6 Å². The summed E-state index contributed by atoms with van der Waals surface area (Å²) in [6.07, 6.45) is 3.23. The molecule has 1 amide bonds. The first-order valence-corrected chi connectivity index (χ1v) is 10.2. The fourth-order valence-corrected chi connectivity index (χ4v) is 5.06. The predicted molar refractivity (Wildman–Crippen MR) is 106 cm³/mol. The summed E-state index contributed by atoms with van der Waals surface area (Å²) in [5.74, 6) is 0.669. The van der Waals surface area contributed by atoms with E-state index in [2.05, 4.69) is 26.8 Å². The second-order valence-corrected chi connectivity index (χ2v) is 9.50. The molecule has 1 fully saturated rings. The number of ether oxygens (including phenoxy) is 1. The Hall–Kier alpha value is -1.66. The number of anilines is 1. The molecule has 0 spiro atoms. The van der Waals surface area contributed by atoms with Crippen LogP contribution in [-0.4, -0.2) is 42.1 Å². The van der Waals surface area contributed by atoms with Crippen LogP contribution in [0.15, 0.2) is 6.07 Å². The van der Waals surface area contributed by atoms with Crippen molar-refractivity contribution in [3.8, 4) is 0 Å². The van der Waals surface area contributed by atoms with Crippen molar-refractivity contribution in [3.63, 3.8) is 0 Å². The van der Waals surface area contributed by atoms with Gasteiger partial charge in [-0.2, -0.15) is 0 Å². The van der Waals surface area contributed by atoms with E-state index in [1.165, 1.54) is 29.0 Å². The number of hydrogen-bond acceptors (Lipinski definition) is 5. The molecule has 2 aromatic rings. The van der Waals surface area contributed by atoms with Gasteiger partial charge in [-0.05, 0) is 42.2 Å². The molecule has 26 heavy (non-hydrogen) atoms. The minimum Gasteiger partial charge on any atom is -0.397 e. The molecule has 2 N–H and O–H groups in total. The van der Waals surface area contributed by atoms with E-state index in [4.69, 9.17) is 15.5 Å². The van der Waals surface area contributed by atoms with Crippen molar-refractivity contribution in [3.05, 3.63) is 22.2 Å². The molecular formula is C20H27N3O2S. The highest BCUT2D eigenvalue weighted by Crippen LogP contribution is 2.40. The van der Waals surface area contributed by atoms with Crippen LogP contribution in [0.4, 0.5) is 5.69 Å². The van der Waals surface area contributed by atoms with E-state index in [-0.39, 0.29) is 5.91 Å². The summed E-state index contributed by atoms with van der Waals surface area (Å²) in [5.41, 5.74) is 9.77. The van der Waals surface area contributed by atoms with Crippen molar-refractivity contribution in [1.29, 1.82) is 0 Å². The van der Waals surface area contributed by atoms with Crippen LogP contribution in [0.25, 0.3) is 10.2 Å². The van der Waals surface area contributed by atoms with E-state index in [1.807, 2.05) is 4.90 Å².